The molecule has 9 nitrogen and oxygen atoms in total. The van der Waals surface area contributed by atoms with E-state index in [0.717, 1.165) is 39.7 Å². The van der Waals surface area contributed by atoms with Crippen LogP contribution in [0.15, 0.2) is 30.6 Å². The zero-order chi connectivity index (χ0) is 22.4. The number of nitrogens with zero attached hydrogens (tertiary/aromatic N) is 3. The second kappa shape index (κ2) is 7.83. The van der Waals surface area contributed by atoms with E-state index in [-0.39, 0.29) is 12.0 Å². The quantitative estimate of drug-likeness (QED) is 0.534. The molecule has 0 aliphatic carbocycles. The molecule has 1 fully saturated rings. The number of rotatable bonds is 3. The molecule has 3 aromatic rings. The van der Waals surface area contributed by atoms with E-state index in [2.05, 4.69) is 15.3 Å². The first-order valence-corrected chi connectivity index (χ1v) is 10.6. The van der Waals surface area contributed by atoms with Gasteiger partial charge in [-0.25, -0.2) is 14.8 Å². The van der Waals surface area contributed by atoms with Crippen LogP contribution in [-0.4, -0.2) is 53.6 Å². The van der Waals surface area contributed by atoms with E-state index in [1.165, 1.54) is 4.90 Å². The van der Waals surface area contributed by atoms with Crippen LogP contribution in [0.25, 0.3) is 21.9 Å². The highest BCUT2D eigenvalue weighted by Crippen LogP contribution is 2.38. The van der Waals surface area contributed by atoms with Crippen LogP contribution in [0, 0.1) is 12.8 Å². The first-order chi connectivity index (χ1) is 15.4. The van der Waals surface area contributed by atoms with Gasteiger partial charge in [-0.3, -0.25) is 4.90 Å². The van der Waals surface area contributed by atoms with Crippen molar-refractivity contribution in [2.45, 2.75) is 19.9 Å². The van der Waals surface area contributed by atoms with Gasteiger partial charge in [-0.1, -0.05) is 6.92 Å². The second-order valence-electron chi connectivity index (χ2n) is 8.32. The Morgan fingerprint density at radius 1 is 1.25 bits per heavy atom. The van der Waals surface area contributed by atoms with Gasteiger partial charge in [0.25, 0.3) is 0 Å². The van der Waals surface area contributed by atoms with Gasteiger partial charge in [0.05, 0.1) is 19.3 Å². The smallest absolute Gasteiger partial charge is 0.413 e. The van der Waals surface area contributed by atoms with Gasteiger partial charge in [0, 0.05) is 41.5 Å². The molecule has 9 heteroatoms. The minimum Gasteiger partial charge on any atom is -0.474 e. The number of hydrogen-bond donors (Lipinski definition) is 3. The summed E-state index contributed by atoms with van der Waals surface area (Å²) < 4.78 is 11.1. The standard InChI is InChI=1S/C23H25N5O4/c1-12-10-31-11-19(12)28(23(29)30)20-7-15-5-14(6-18(24)17(15)9-26-20)16-8-27-22-21(13(16)2)25-3-4-32-22/h5-9,12,19,25H,3-4,10-11,24H2,1-2H3,(H,29,30)/t12-,19+/m1/s1. The predicted octanol–water partition coefficient (Wildman–Crippen LogP) is 3.51. The summed E-state index contributed by atoms with van der Waals surface area (Å²) >= 11 is 0. The lowest BCUT2D eigenvalue weighted by Gasteiger charge is -2.27. The van der Waals surface area contributed by atoms with Gasteiger partial charge in [-0.15, -0.1) is 0 Å². The Hall–Kier alpha value is -3.59. The third-order valence-corrected chi connectivity index (χ3v) is 6.22. The number of fused-ring (bicyclic) bond motifs is 2. The summed E-state index contributed by atoms with van der Waals surface area (Å²) in [6.45, 7) is 6.19. The van der Waals surface area contributed by atoms with Crippen molar-refractivity contribution in [2.75, 3.05) is 42.3 Å². The van der Waals surface area contributed by atoms with Gasteiger partial charge in [0.15, 0.2) is 0 Å². The topological polar surface area (TPSA) is 123 Å². The van der Waals surface area contributed by atoms with Crippen molar-refractivity contribution in [3.05, 3.63) is 36.2 Å². The molecule has 166 valence electrons. The minimum absolute atomic E-state index is 0.0824. The molecule has 4 N–H and O–H groups in total. The average molecular weight is 435 g/mol. The molecule has 0 bridgehead atoms. The fourth-order valence-corrected chi connectivity index (χ4v) is 4.46. The van der Waals surface area contributed by atoms with Crippen LogP contribution in [-0.2, 0) is 4.74 Å². The number of nitrogen functional groups attached to an aromatic ring is 1. The molecule has 0 radical (unpaired) electrons. The van der Waals surface area contributed by atoms with Crippen LogP contribution in [0.1, 0.15) is 12.5 Å². The summed E-state index contributed by atoms with van der Waals surface area (Å²) in [5.41, 5.74) is 10.7. The molecule has 1 aromatic carbocycles. The number of carboxylic acid groups (broad SMARTS) is 1. The second-order valence-corrected chi connectivity index (χ2v) is 8.32. The average Bonchev–Trinajstić information content (AvgIpc) is 3.19. The molecule has 2 aliphatic rings. The van der Waals surface area contributed by atoms with Crippen molar-refractivity contribution in [3.63, 3.8) is 0 Å². The molecule has 5 rings (SSSR count). The molecule has 4 heterocycles. The lowest BCUT2D eigenvalue weighted by Crippen LogP contribution is -2.43. The Labute approximate surface area is 185 Å². The predicted molar refractivity (Wildman–Crippen MR) is 122 cm³/mol. The number of amides is 1. The lowest BCUT2D eigenvalue weighted by molar-refractivity contribution is 0.181. The molecule has 0 saturated carbocycles. The number of pyridine rings is 2. The molecule has 2 atom stereocenters. The SMILES string of the molecule is Cc1c(-c2cc(N)c3cnc(N(C(=O)O)[C@H]4COC[C@H]4C)cc3c2)cnc2c1NCCO2. The van der Waals surface area contributed by atoms with Crippen LogP contribution in [0.2, 0.25) is 0 Å². The van der Waals surface area contributed by atoms with Gasteiger partial charge < -0.3 is 25.6 Å². The Morgan fingerprint density at radius 3 is 2.84 bits per heavy atom. The minimum atomic E-state index is -1.05. The molecule has 0 unspecified atom stereocenters. The Bertz CT molecular complexity index is 1210. The molecule has 32 heavy (non-hydrogen) atoms. The number of hydrogen-bond acceptors (Lipinski definition) is 7. The highest BCUT2D eigenvalue weighted by molar-refractivity contribution is 5.99. The summed E-state index contributed by atoms with van der Waals surface area (Å²) in [5.74, 6) is 1.04. The number of nitrogens with two attached hydrogens (primary N) is 1. The van der Waals surface area contributed by atoms with E-state index in [9.17, 15) is 9.90 Å². The molecule has 2 aliphatic heterocycles. The monoisotopic (exact) mass is 435 g/mol. The number of nitrogens with one attached hydrogen (secondary N) is 1. The summed E-state index contributed by atoms with van der Waals surface area (Å²) in [6, 6.07) is 5.38. The molecule has 2 aromatic heterocycles. The van der Waals surface area contributed by atoms with Crippen molar-refractivity contribution in [2.24, 2.45) is 5.92 Å². The summed E-state index contributed by atoms with van der Waals surface area (Å²) in [4.78, 5) is 22.3. The van der Waals surface area contributed by atoms with Crippen LogP contribution >= 0.6 is 0 Å². The molecular formula is C23H25N5O4. The summed E-state index contributed by atoms with van der Waals surface area (Å²) in [5, 5.41) is 14.8. The maximum Gasteiger partial charge on any atom is 0.413 e. The third kappa shape index (κ3) is 3.34. The third-order valence-electron chi connectivity index (χ3n) is 6.22. The molecule has 1 saturated heterocycles. The molecular weight excluding hydrogens is 410 g/mol. The number of carbonyl (C=O) groups is 1. The van der Waals surface area contributed by atoms with Gasteiger partial charge >= 0.3 is 6.09 Å². The lowest BCUT2D eigenvalue weighted by atomic mass is 9.97. The van der Waals surface area contributed by atoms with Crippen molar-refractivity contribution < 1.29 is 19.4 Å². The maximum absolute atomic E-state index is 12.1. The Kier molecular flexibility index (Phi) is 4.97. The number of anilines is 3. The molecule has 0 spiro atoms. The van der Waals surface area contributed by atoms with E-state index in [1.807, 2.05) is 26.0 Å². The first-order valence-electron chi connectivity index (χ1n) is 10.6. The van der Waals surface area contributed by atoms with E-state index in [0.29, 0.717) is 37.2 Å². The molecule has 1 amide bonds. The fraction of sp³-hybridized carbons (Fsp3) is 0.348. The van der Waals surface area contributed by atoms with Crippen molar-refractivity contribution in [1.29, 1.82) is 0 Å². The van der Waals surface area contributed by atoms with Crippen LogP contribution in [0.3, 0.4) is 0 Å². The van der Waals surface area contributed by atoms with Crippen molar-refractivity contribution in [3.8, 4) is 17.0 Å². The van der Waals surface area contributed by atoms with Gasteiger partial charge in [-0.05, 0) is 41.6 Å². The number of benzene rings is 1. The van der Waals surface area contributed by atoms with Gasteiger partial charge in [0.2, 0.25) is 5.88 Å². The van der Waals surface area contributed by atoms with Crippen LogP contribution < -0.4 is 20.7 Å². The van der Waals surface area contributed by atoms with E-state index in [1.54, 1.807) is 18.5 Å². The zero-order valence-corrected chi connectivity index (χ0v) is 18.0. The highest BCUT2D eigenvalue weighted by atomic mass is 16.5. The van der Waals surface area contributed by atoms with Gasteiger partial charge in [0.1, 0.15) is 18.1 Å². The van der Waals surface area contributed by atoms with Crippen molar-refractivity contribution in [1.82, 2.24) is 9.97 Å². The normalized spacial score (nSPS) is 19.8. The Morgan fingerprint density at radius 2 is 2.09 bits per heavy atom. The highest BCUT2D eigenvalue weighted by Gasteiger charge is 2.35. The largest absolute Gasteiger partial charge is 0.474 e. The van der Waals surface area contributed by atoms with Gasteiger partial charge in [-0.2, -0.15) is 0 Å². The zero-order valence-electron chi connectivity index (χ0n) is 18.0. The van der Waals surface area contributed by atoms with E-state index in [4.69, 9.17) is 15.2 Å². The summed E-state index contributed by atoms with van der Waals surface area (Å²) in [6.07, 6.45) is 2.36. The number of aromatic nitrogens is 2. The van der Waals surface area contributed by atoms with Crippen LogP contribution in [0.5, 0.6) is 5.88 Å². The maximum atomic E-state index is 12.1. The number of ether oxygens (including phenoxy) is 2. The van der Waals surface area contributed by atoms with Crippen LogP contribution in [0.4, 0.5) is 22.0 Å². The fourth-order valence-electron chi connectivity index (χ4n) is 4.46. The Balaban J connectivity index is 1.61. The first kappa shape index (κ1) is 20.3. The van der Waals surface area contributed by atoms with Crippen molar-refractivity contribution >= 4 is 34.1 Å². The van der Waals surface area contributed by atoms with E-state index < -0.39 is 6.09 Å². The summed E-state index contributed by atoms with van der Waals surface area (Å²) in [7, 11) is 0. The van der Waals surface area contributed by atoms with E-state index >= 15 is 0 Å².